The SMILES string of the molecule is CC1C(=O)CCN(C2CCS(=O)(=O)CC2)C1C. The molecule has 0 aliphatic carbocycles. The predicted octanol–water partition coefficient (Wildman–Crippen LogP) is 0.863. The van der Waals surface area contributed by atoms with Gasteiger partial charge in [-0.3, -0.25) is 9.69 Å². The lowest BCUT2D eigenvalue weighted by molar-refractivity contribution is -0.128. The molecule has 0 N–H and O–H groups in total. The molecule has 2 atom stereocenters. The molecule has 0 radical (unpaired) electrons. The second-order valence-corrected chi connectivity index (χ2v) is 7.67. The summed E-state index contributed by atoms with van der Waals surface area (Å²) >= 11 is 0. The van der Waals surface area contributed by atoms with Crippen molar-refractivity contribution in [3.05, 3.63) is 0 Å². The van der Waals surface area contributed by atoms with E-state index in [1.165, 1.54) is 0 Å². The van der Waals surface area contributed by atoms with Crippen molar-refractivity contribution in [2.45, 2.75) is 45.2 Å². The number of nitrogens with zero attached hydrogens (tertiary/aromatic N) is 1. The fourth-order valence-corrected chi connectivity index (χ4v) is 4.42. The highest BCUT2D eigenvalue weighted by atomic mass is 32.2. The first-order valence-electron chi connectivity index (χ1n) is 6.39. The first-order valence-corrected chi connectivity index (χ1v) is 8.22. The average molecular weight is 259 g/mol. The summed E-state index contributed by atoms with van der Waals surface area (Å²) in [7, 11) is -2.79. The Morgan fingerprint density at radius 3 is 2.35 bits per heavy atom. The summed E-state index contributed by atoms with van der Waals surface area (Å²) in [6, 6.07) is 0.603. The summed E-state index contributed by atoms with van der Waals surface area (Å²) in [6.45, 7) is 4.87. The molecule has 0 saturated carbocycles. The van der Waals surface area contributed by atoms with Crippen LogP contribution in [0.25, 0.3) is 0 Å². The van der Waals surface area contributed by atoms with Crippen LogP contribution >= 0.6 is 0 Å². The van der Waals surface area contributed by atoms with Gasteiger partial charge >= 0.3 is 0 Å². The Balaban J connectivity index is 2.02. The third-order valence-corrected chi connectivity index (χ3v) is 6.08. The van der Waals surface area contributed by atoms with E-state index in [1.807, 2.05) is 6.92 Å². The van der Waals surface area contributed by atoms with E-state index in [-0.39, 0.29) is 12.0 Å². The van der Waals surface area contributed by atoms with E-state index in [0.29, 0.717) is 29.8 Å². The van der Waals surface area contributed by atoms with Crippen LogP contribution in [0.4, 0.5) is 0 Å². The van der Waals surface area contributed by atoms with E-state index in [0.717, 1.165) is 19.4 Å². The van der Waals surface area contributed by atoms with Gasteiger partial charge in [0, 0.05) is 31.0 Å². The lowest BCUT2D eigenvalue weighted by atomic mass is 9.88. The second-order valence-electron chi connectivity index (χ2n) is 5.37. The minimum atomic E-state index is -2.79. The van der Waals surface area contributed by atoms with Crippen LogP contribution in [0.5, 0.6) is 0 Å². The van der Waals surface area contributed by atoms with Gasteiger partial charge in [0.25, 0.3) is 0 Å². The predicted molar refractivity (Wildman–Crippen MR) is 66.6 cm³/mol. The van der Waals surface area contributed by atoms with Crippen LogP contribution < -0.4 is 0 Å². The summed E-state index contributed by atoms with van der Waals surface area (Å²) in [4.78, 5) is 14.0. The number of hydrogen-bond acceptors (Lipinski definition) is 4. The van der Waals surface area contributed by atoms with Gasteiger partial charge in [0.15, 0.2) is 0 Å². The lowest BCUT2D eigenvalue weighted by Crippen LogP contribution is -2.53. The minimum Gasteiger partial charge on any atom is -0.299 e. The molecular weight excluding hydrogens is 238 g/mol. The molecule has 2 rings (SSSR count). The van der Waals surface area contributed by atoms with Gasteiger partial charge in [0.2, 0.25) is 0 Å². The Hall–Kier alpha value is -0.420. The number of likely N-dealkylation sites (tertiary alicyclic amines) is 1. The van der Waals surface area contributed by atoms with Crippen LogP contribution in [-0.2, 0) is 14.6 Å². The second kappa shape index (κ2) is 4.69. The zero-order valence-electron chi connectivity index (χ0n) is 10.6. The van der Waals surface area contributed by atoms with Gasteiger partial charge in [-0.15, -0.1) is 0 Å². The van der Waals surface area contributed by atoms with E-state index in [2.05, 4.69) is 11.8 Å². The van der Waals surface area contributed by atoms with E-state index in [9.17, 15) is 13.2 Å². The molecule has 4 nitrogen and oxygen atoms in total. The van der Waals surface area contributed by atoms with Crippen molar-refractivity contribution < 1.29 is 13.2 Å². The molecule has 2 saturated heterocycles. The Bertz CT molecular complexity index is 390. The third kappa shape index (κ3) is 2.71. The Morgan fingerprint density at radius 2 is 1.76 bits per heavy atom. The molecule has 2 unspecified atom stereocenters. The highest BCUT2D eigenvalue weighted by molar-refractivity contribution is 7.91. The van der Waals surface area contributed by atoms with E-state index in [4.69, 9.17) is 0 Å². The highest BCUT2D eigenvalue weighted by Gasteiger charge is 2.36. The van der Waals surface area contributed by atoms with Gasteiger partial charge in [-0.25, -0.2) is 8.42 Å². The molecule has 98 valence electrons. The van der Waals surface area contributed by atoms with Crippen LogP contribution in [-0.4, -0.2) is 49.2 Å². The minimum absolute atomic E-state index is 0.0854. The molecule has 0 spiro atoms. The normalized spacial score (nSPS) is 36.0. The fourth-order valence-electron chi connectivity index (χ4n) is 2.95. The molecule has 2 aliphatic heterocycles. The van der Waals surface area contributed by atoms with E-state index in [1.54, 1.807) is 0 Å². The maximum atomic E-state index is 11.6. The lowest BCUT2D eigenvalue weighted by Gasteiger charge is -2.43. The van der Waals surface area contributed by atoms with Crippen molar-refractivity contribution in [3.63, 3.8) is 0 Å². The van der Waals surface area contributed by atoms with Crippen LogP contribution in [0.15, 0.2) is 0 Å². The molecule has 0 bridgehead atoms. The van der Waals surface area contributed by atoms with Crippen molar-refractivity contribution in [3.8, 4) is 0 Å². The van der Waals surface area contributed by atoms with Crippen molar-refractivity contribution in [2.75, 3.05) is 18.1 Å². The standard InChI is InChI=1S/C12H21NO3S/c1-9-10(2)13(6-3-12(9)14)11-4-7-17(15,16)8-5-11/h9-11H,3-8H2,1-2H3. The molecule has 2 aliphatic rings. The van der Waals surface area contributed by atoms with Crippen molar-refractivity contribution in [2.24, 2.45) is 5.92 Å². The van der Waals surface area contributed by atoms with Crippen LogP contribution in [0.1, 0.15) is 33.1 Å². The number of carbonyl (C=O) groups is 1. The van der Waals surface area contributed by atoms with Gasteiger partial charge in [-0.05, 0) is 19.8 Å². The Kier molecular flexibility index (Phi) is 3.59. The number of carbonyl (C=O) groups excluding carboxylic acids is 1. The molecular formula is C12H21NO3S. The number of ketones is 1. The summed E-state index contributed by atoms with van der Waals surface area (Å²) < 4.78 is 22.8. The Morgan fingerprint density at radius 1 is 1.18 bits per heavy atom. The molecule has 5 heteroatoms. The van der Waals surface area contributed by atoms with Gasteiger partial charge in [-0.2, -0.15) is 0 Å². The topological polar surface area (TPSA) is 54.5 Å². The van der Waals surface area contributed by atoms with E-state index >= 15 is 0 Å². The van der Waals surface area contributed by atoms with Gasteiger partial charge in [-0.1, -0.05) is 6.92 Å². The molecule has 0 amide bonds. The number of piperidine rings is 1. The summed E-state index contributed by atoms with van der Waals surface area (Å²) in [5.74, 6) is 1.05. The molecule has 2 heterocycles. The Labute approximate surface area is 103 Å². The maximum absolute atomic E-state index is 11.6. The number of sulfone groups is 1. The number of Topliss-reactive ketones (excluding diaryl/α,β-unsaturated/α-hetero) is 1. The first kappa shape index (κ1) is 13.0. The third-order valence-electron chi connectivity index (χ3n) is 4.36. The average Bonchev–Trinajstić information content (AvgIpc) is 2.27. The summed E-state index contributed by atoms with van der Waals surface area (Å²) in [5.41, 5.74) is 0. The zero-order chi connectivity index (χ0) is 12.6. The summed E-state index contributed by atoms with van der Waals surface area (Å²) in [6.07, 6.45) is 2.08. The zero-order valence-corrected chi connectivity index (χ0v) is 11.4. The molecule has 2 fully saturated rings. The monoisotopic (exact) mass is 259 g/mol. The van der Waals surface area contributed by atoms with E-state index < -0.39 is 9.84 Å². The van der Waals surface area contributed by atoms with Crippen molar-refractivity contribution in [1.29, 1.82) is 0 Å². The largest absolute Gasteiger partial charge is 0.299 e. The highest BCUT2D eigenvalue weighted by Crippen LogP contribution is 2.27. The van der Waals surface area contributed by atoms with Crippen LogP contribution in [0.2, 0.25) is 0 Å². The quantitative estimate of drug-likeness (QED) is 0.701. The fraction of sp³-hybridized carbons (Fsp3) is 0.917. The molecule has 17 heavy (non-hydrogen) atoms. The molecule has 0 aromatic carbocycles. The molecule has 0 aromatic heterocycles. The van der Waals surface area contributed by atoms with Crippen molar-refractivity contribution >= 4 is 15.6 Å². The first-order chi connectivity index (χ1) is 7.91. The van der Waals surface area contributed by atoms with Crippen LogP contribution in [0.3, 0.4) is 0 Å². The molecule has 0 aromatic rings. The van der Waals surface area contributed by atoms with Crippen molar-refractivity contribution in [1.82, 2.24) is 4.90 Å². The van der Waals surface area contributed by atoms with Gasteiger partial charge in [0.05, 0.1) is 11.5 Å². The van der Waals surface area contributed by atoms with Crippen LogP contribution in [0, 0.1) is 5.92 Å². The number of rotatable bonds is 1. The summed E-state index contributed by atoms with van der Waals surface area (Å²) in [5, 5.41) is 0. The van der Waals surface area contributed by atoms with Gasteiger partial charge < -0.3 is 0 Å². The smallest absolute Gasteiger partial charge is 0.150 e. The van der Waals surface area contributed by atoms with Gasteiger partial charge in [0.1, 0.15) is 15.6 Å². The maximum Gasteiger partial charge on any atom is 0.150 e. The number of hydrogen-bond donors (Lipinski definition) is 0.